The van der Waals surface area contributed by atoms with Crippen molar-refractivity contribution in [1.29, 1.82) is 0 Å². The molecule has 2 aromatic rings. The maximum Gasteiger partial charge on any atom is 0.146 e. The predicted octanol–water partition coefficient (Wildman–Crippen LogP) is 2.97. The van der Waals surface area contributed by atoms with E-state index < -0.39 is 0 Å². The molecule has 3 nitrogen and oxygen atoms in total. The van der Waals surface area contributed by atoms with Crippen molar-refractivity contribution in [1.82, 2.24) is 10.3 Å². The van der Waals surface area contributed by atoms with Crippen LogP contribution in [0, 0.1) is 0 Å². The lowest BCUT2D eigenvalue weighted by molar-refractivity contribution is 0.223. The molecule has 0 aromatic carbocycles. The highest BCUT2D eigenvalue weighted by atomic mass is 35.5. The molecule has 1 saturated heterocycles. The molecule has 0 amide bonds. The molecule has 1 aliphatic rings. The van der Waals surface area contributed by atoms with Gasteiger partial charge in [0.2, 0.25) is 0 Å². The lowest BCUT2D eigenvalue weighted by atomic mass is 10.2. The molecule has 1 N–H and O–H groups in total. The summed E-state index contributed by atoms with van der Waals surface area (Å²) in [6.07, 6.45) is 3.16. The topological polar surface area (TPSA) is 34.1 Å². The molecule has 0 saturated carbocycles. The largest absolute Gasteiger partial charge is 0.487 e. The van der Waals surface area contributed by atoms with Gasteiger partial charge in [-0.2, -0.15) is 0 Å². The number of rotatable bonds is 3. The Balaban J connectivity index is 0.00000120. The first kappa shape index (κ1) is 13.3. The summed E-state index contributed by atoms with van der Waals surface area (Å²) in [5.41, 5.74) is 0.953. The smallest absolute Gasteiger partial charge is 0.146 e. The first-order valence-corrected chi connectivity index (χ1v) is 6.68. The van der Waals surface area contributed by atoms with Crippen LogP contribution in [-0.4, -0.2) is 24.2 Å². The van der Waals surface area contributed by atoms with Gasteiger partial charge in [0.25, 0.3) is 0 Å². The van der Waals surface area contributed by atoms with Gasteiger partial charge in [-0.15, -0.1) is 23.7 Å². The summed E-state index contributed by atoms with van der Waals surface area (Å²) >= 11 is 1.69. The van der Waals surface area contributed by atoms with Crippen LogP contribution in [0.15, 0.2) is 35.8 Å². The van der Waals surface area contributed by atoms with Gasteiger partial charge in [0, 0.05) is 12.7 Å². The zero-order valence-corrected chi connectivity index (χ0v) is 11.5. The summed E-state index contributed by atoms with van der Waals surface area (Å²) in [7, 11) is 0. The third kappa shape index (κ3) is 2.83. The van der Waals surface area contributed by atoms with Gasteiger partial charge in [-0.1, -0.05) is 6.07 Å². The molecule has 0 unspecified atom stereocenters. The Morgan fingerprint density at radius 1 is 1.33 bits per heavy atom. The predicted molar refractivity (Wildman–Crippen MR) is 76.7 cm³/mol. The van der Waals surface area contributed by atoms with E-state index in [9.17, 15) is 0 Å². The second kappa shape index (κ2) is 6.18. The molecule has 96 valence electrons. The van der Waals surface area contributed by atoms with Crippen LogP contribution < -0.4 is 10.1 Å². The molecule has 18 heavy (non-hydrogen) atoms. The van der Waals surface area contributed by atoms with Gasteiger partial charge in [-0.3, -0.25) is 4.98 Å². The van der Waals surface area contributed by atoms with Gasteiger partial charge in [0.15, 0.2) is 0 Å². The van der Waals surface area contributed by atoms with Crippen LogP contribution >= 0.6 is 23.7 Å². The summed E-state index contributed by atoms with van der Waals surface area (Å²) in [6, 6.07) is 8.04. The van der Waals surface area contributed by atoms with E-state index in [0.29, 0.717) is 0 Å². The van der Waals surface area contributed by atoms with Gasteiger partial charge in [0.1, 0.15) is 17.5 Å². The first-order chi connectivity index (χ1) is 8.43. The minimum absolute atomic E-state index is 0. The Morgan fingerprint density at radius 3 is 3.00 bits per heavy atom. The molecule has 0 radical (unpaired) electrons. The average Bonchev–Trinajstić information content (AvgIpc) is 3.01. The molecule has 0 aliphatic carbocycles. The van der Waals surface area contributed by atoms with Crippen molar-refractivity contribution in [2.45, 2.75) is 12.5 Å². The highest BCUT2D eigenvalue weighted by Crippen LogP contribution is 2.31. The van der Waals surface area contributed by atoms with Gasteiger partial charge >= 0.3 is 0 Å². The van der Waals surface area contributed by atoms with Gasteiger partial charge in [0.05, 0.1) is 4.88 Å². The van der Waals surface area contributed by atoms with Gasteiger partial charge in [-0.05, 0) is 36.5 Å². The number of nitrogens with one attached hydrogen (secondary N) is 1. The molecular formula is C13H15ClN2OS. The van der Waals surface area contributed by atoms with Crippen LogP contribution in [0.2, 0.25) is 0 Å². The van der Waals surface area contributed by atoms with E-state index in [4.69, 9.17) is 4.74 Å². The van der Waals surface area contributed by atoms with Crippen molar-refractivity contribution in [2.75, 3.05) is 13.1 Å². The van der Waals surface area contributed by atoms with Crippen molar-refractivity contribution in [3.05, 3.63) is 35.8 Å². The maximum atomic E-state index is 6.01. The molecule has 1 fully saturated rings. The van der Waals surface area contributed by atoms with Crippen LogP contribution in [0.25, 0.3) is 10.6 Å². The van der Waals surface area contributed by atoms with Crippen LogP contribution in [-0.2, 0) is 0 Å². The van der Waals surface area contributed by atoms with E-state index in [1.807, 2.05) is 24.4 Å². The van der Waals surface area contributed by atoms with E-state index in [2.05, 4.69) is 21.7 Å². The number of pyridine rings is 1. The number of hydrogen-bond acceptors (Lipinski definition) is 4. The summed E-state index contributed by atoms with van der Waals surface area (Å²) in [5, 5.41) is 5.36. The van der Waals surface area contributed by atoms with Crippen molar-refractivity contribution in [3.8, 4) is 16.3 Å². The number of thiophene rings is 1. The molecule has 3 rings (SSSR count). The summed E-state index contributed by atoms with van der Waals surface area (Å²) < 4.78 is 6.01. The second-order valence-electron chi connectivity index (χ2n) is 4.06. The molecule has 0 spiro atoms. The number of hydrogen-bond donors (Lipinski definition) is 1. The minimum atomic E-state index is 0. The lowest BCUT2D eigenvalue weighted by Gasteiger charge is -2.14. The number of nitrogens with zero attached hydrogens (tertiary/aromatic N) is 1. The quantitative estimate of drug-likeness (QED) is 0.940. The molecule has 0 bridgehead atoms. The zero-order chi connectivity index (χ0) is 11.5. The molecule has 1 atom stereocenters. The Kier molecular flexibility index (Phi) is 4.58. The van der Waals surface area contributed by atoms with Crippen molar-refractivity contribution in [2.24, 2.45) is 0 Å². The average molecular weight is 283 g/mol. The molecule has 3 heterocycles. The normalized spacial score (nSPS) is 18.3. The SMILES string of the molecule is Cl.c1csc(-c2ncccc2O[C@H]2CCNC2)c1. The second-order valence-corrected chi connectivity index (χ2v) is 5.01. The summed E-state index contributed by atoms with van der Waals surface area (Å²) in [5.74, 6) is 0.892. The van der Waals surface area contributed by atoms with Gasteiger partial charge < -0.3 is 10.1 Å². The van der Waals surface area contributed by atoms with Crippen LogP contribution in [0.4, 0.5) is 0 Å². The summed E-state index contributed by atoms with van der Waals surface area (Å²) in [4.78, 5) is 5.59. The number of ether oxygens (including phenoxy) is 1. The van der Waals surface area contributed by atoms with Crippen molar-refractivity contribution < 1.29 is 4.74 Å². The van der Waals surface area contributed by atoms with Gasteiger partial charge in [-0.25, -0.2) is 0 Å². The zero-order valence-electron chi connectivity index (χ0n) is 9.83. The van der Waals surface area contributed by atoms with Crippen molar-refractivity contribution in [3.63, 3.8) is 0 Å². The summed E-state index contributed by atoms with van der Waals surface area (Å²) in [6.45, 7) is 1.97. The Bertz CT molecular complexity index is 483. The van der Waals surface area contributed by atoms with Crippen LogP contribution in [0.5, 0.6) is 5.75 Å². The Labute approximate surface area is 117 Å². The number of halogens is 1. The Morgan fingerprint density at radius 2 is 2.28 bits per heavy atom. The van der Waals surface area contributed by atoms with E-state index in [0.717, 1.165) is 35.8 Å². The standard InChI is InChI=1S/C13H14N2OS.ClH/c1-3-11(16-10-5-7-14-9-10)13(15-6-1)12-4-2-8-17-12;/h1-4,6,8,10,14H,5,7,9H2;1H/t10-;/m0./s1. The Hall–Kier alpha value is -1.10. The third-order valence-electron chi connectivity index (χ3n) is 2.83. The van der Waals surface area contributed by atoms with E-state index in [-0.39, 0.29) is 18.5 Å². The molecule has 1 aliphatic heterocycles. The van der Waals surface area contributed by atoms with Crippen molar-refractivity contribution >= 4 is 23.7 Å². The first-order valence-electron chi connectivity index (χ1n) is 5.80. The fraction of sp³-hybridized carbons (Fsp3) is 0.308. The maximum absolute atomic E-state index is 6.01. The van der Waals surface area contributed by atoms with E-state index in [1.165, 1.54) is 0 Å². The van der Waals surface area contributed by atoms with E-state index >= 15 is 0 Å². The highest BCUT2D eigenvalue weighted by molar-refractivity contribution is 7.13. The highest BCUT2D eigenvalue weighted by Gasteiger charge is 2.18. The fourth-order valence-corrected chi connectivity index (χ4v) is 2.72. The van der Waals surface area contributed by atoms with E-state index in [1.54, 1.807) is 11.3 Å². The molecule has 2 aromatic heterocycles. The third-order valence-corrected chi connectivity index (χ3v) is 3.71. The number of aromatic nitrogens is 1. The van der Waals surface area contributed by atoms with Crippen LogP contribution in [0.1, 0.15) is 6.42 Å². The molecular weight excluding hydrogens is 268 g/mol. The van der Waals surface area contributed by atoms with Crippen LogP contribution in [0.3, 0.4) is 0 Å². The molecule has 5 heteroatoms. The lowest BCUT2D eigenvalue weighted by Crippen LogP contribution is -2.19. The monoisotopic (exact) mass is 282 g/mol. The fourth-order valence-electron chi connectivity index (χ4n) is 1.99. The minimum Gasteiger partial charge on any atom is -0.487 e.